The van der Waals surface area contributed by atoms with E-state index >= 15 is 0 Å². The molecule has 424 valence electrons. The number of hydrogen-bond acceptors (Lipinski definition) is 8. The van der Waals surface area contributed by atoms with E-state index < -0.39 is 146 Å². The molecule has 0 radical (unpaired) electrons. The van der Waals surface area contributed by atoms with Crippen molar-refractivity contribution in [1.82, 2.24) is 0 Å². The first kappa shape index (κ1) is 91.4. The minimum atomic E-state index is -8.24. The summed E-state index contributed by atoms with van der Waals surface area (Å²) in [4.78, 5) is 39.6. The number of aliphatic hydroxyl groups excluding tert-OH is 1. The molecule has 0 aromatic rings. The van der Waals surface area contributed by atoms with E-state index in [2.05, 4.69) is 9.47 Å². The Morgan fingerprint density at radius 2 is 0.897 bits per heavy atom. The fraction of sp³-hybridized carbons (Fsp3) is 0.929. The summed E-state index contributed by atoms with van der Waals surface area (Å²) in [7, 11) is 0. The van der Waals surface area contributed by atoms with Crippen molar-refractivity contribution >= 4 is 17.9 Å². The lowest BCUT2D eigenvalue weighted by Gasteiger charge is -2.41. The van der Waals surface area contributed by atoms with E-state index in [1.165, 1.54) is 6.92 Å². The van der Waals surface area contributed by atoms with Crippen molar-refractivity contribution in [2.24, 2.45) is 16.2 Å². The number of hydrogen-bond donors (Lipinski definition) is 1. The first-order valence-electron chi connectivity index (χ1n) is 16.7. The van der Waals surface area contributed by atoms with Crippen LogP contribution in [0.3, 0.4) is 0 Å². The summed E-state index contributed by atoms with van der Waals surface area (Å²) in [6.07, 6.45) is -20.1. The second kappa shape index (κ2) is 30.7. The minimum absolute atomic E-state index is 0. The number of ether oxygens (including phenoxy) is 4. The fourth-order valence-corrected chi connectivity index (χ4v) is 5.29. The lowest BCUT2D eigenvalue weighted by atomic mass is 9.65. The van der Waals surface area contributed by atoms with Crippen molar-refractivity contribution in [1.29, 1.82) is 0 Å². The summed E-state index contributed by atoms with van der Waals surface area (Å²) >= 11 is 0. The monoisotopic (exact) mass is 1060 g/mol. The van der Waals surface area contributed by atoms with Gasteiger partial charge in [0.25, 0.3) is 0 Å². The lowest BCUT2D eigenvalue weighted by Crippen LogP contribution is -2.70. The van der Waals surface area contributed by atoms with Gasteiger partial charge >= 0.3 is 65.8 Å². The molecule has 0 amide bonds. The quantitative estimate of drug-likeness (QED) is 0.0612. The van der Waals surface area contributed by atoms with Gasteiger partial charge in [-0.15, -0.1) is 0 Å². The van der Waals surface area contributed by atoms with Gasteiger partial charge in [-0.2, -0.15) is 79.0 Å². The molecule has 0 fully saturated rings. The SMILES string of the molecule is C.C.C.C.C.C.C.C.C.C.CCC(CO)OC(C)COC(=O)C(C)(C)CC(C)(CC(C)(CC)C(=O)OCC(F)(F)C(F)(F)C(F)(F)C(F)(F)C(F)(F)C(F)(F)F)C(=O)OCCC(F)(F)C(F)(F)F. The van der Waals surface area contributed by atoms with Gasteiger partial charge in [-0.25, -0.2) is 0 Å². The molecule has 0 spiro atoms. The van der Waals surface area contributed by atoms with Crippen LogP contribution in [0.5, 0.6) is 0 Å². The van der Waals surface area contributed by atoms with Crippen molar-refractivity contribution in [3.05, 3.63) is 0 Å². The first-order valence-corrected chi connectivity index (χ1v) is 16.7. The van der Waals surface area contributed by atoms with E-state index in [1.54, 1.807) is 6.92 Å². The molecule has 4 atom stereocenters. The van der Waals surface area contributed by atoms with Gasteiger partial charge < -0.3 is 24.1 Å². The van der Waals surface area contributed by atoms with Crippen LogP contribution in [-0.2, 0) is 33.3 Å². The molecule has 0 aliphatic heterocycles. The second-order valence-corrected chi connectivity index (χ2v) is 14.6. The number of aliphatic hydroxyl groups is 1. The zero-order valence-electron chi connectivity index (χ0n) is 31.6. The summed E-state index contributed by atoms with van der Waals surface area (Å²) < 4.78 is 260. The first-order chi connectivity index (χ1) is 25.5. The molecule has 4 unspecified atom stereocenters. The molecule has 0 bridgehead atoms. The van der Waals surface area contributed by atoms with Crippen molar-refractivity contribution in [3.8, 4) is 0 Å². The van der Waals surface area contributed by atoms with Gasteiger partial charge in [-0.3, -0.25) is 14.4 Å². The van der Waals surface area contributed by atoms with Gasteiger partial charge in [0, 0.05) is 0 Å². The van der Waals surface area contributed by atoms with Crippen LogP contribution in [0.4, 0.5) is 79.0 Å². The smallest absolute Gasteiger partial charge is 0.460 e. The molecule has 0 heterocycles. The van der Waals surface area contributed by atoms with E-state index in [1.807, 2.05) is 0 Å². The predicted octanol–water partition coefficient (Wildman–Crippen LogP) is 15.7. The maximum atomic E-state index is 14.4. The number of halogens is 18. The fourth-order valence-electron chi connectivity index (χ4n) is 5.29. The van der Waals surface area contributed by atoms with Gasteiger partial charge in [0.05, 0.1) is 48.1 Å². The van der Waals surface area contributed by atoms with E-state index in [0.29, 0.717) is 13.3 Å². The van der Waals surface area contributed by atoms with Crippen LogP contribution in [0.15, 0.2) is 0 Å². The van der Waals surface area contributed by atoms with E-state index in [4.69, 9.17) is 9.47 Å². The van der Waals surface area contributed by atoms with Crippen molar-refractivity contribution in [3.63, 3.8) is 0 Å². The lowest BCUT2D eigenvalue weighted by molar-refractivity contribution is -0.441. The Bertz CT molecular complexity index is 1400. The van der Waals surface area contributed by atoms with Gasteiger partial charge in [-0.1, -0.05) is 88.1 Å². The molecule has 0 saturated carbocycles. The summed E-state index contributed by atoms with van der Waals surface area (Å²) in [5.74, 6) is -49.7. The number of carbonyl (C=O) groups is 3. The van der Waals surface area contributed by atoms with Crippen LogP contribution < -0.4 is 0 Å². The average Bonchev–Trinajstić information content (AvgIpc) is 3.06. The molecule has 0 rings (SSSR count). The second-order valence-electron chi connectivity index (χ2n) is 14.6. The van der Waals surface area contributed by atoms with Crippen LogP contribution >= 0.6 is 0 Å². The normalized spacial score (nSPS) is 14.9. The standard InChI is InChI=1S/C32H42F18O8.10CH4/c1-8-18(12-51)58-17(3)13-56-19(52)22(4,5)14-24(7,21(54)55-11-10-25(33,34)31(45,46)47)15-23(6,9-2)20(53)57-16-26(35,36)27(37,38)28(39,40)29(41,42)30(43,44)32(48,49)50;;;;;;;;;;/h17-18,51H,8-16H2,1-7H3;10*1H4. The average molecular weight is 1060 g/mol. The van der Waals surface area contributed by atoms with Gasteiger partial charge in [0.1, 0.15) is 6.61 Å². The Balaban J connectivity index is -0.000000361. The zero-order valence-corrected chi connectivity index (χ0v) is 31.6. The van der Waals surface area contributed by atoms with E-state index in [-0.39, 0.29) is 74.3 Å². The van der Waals surface area contributed by atoms with E-state index in [0.717, 1.165) is 27.7 Å². The zero-order chi connectivity index (χ0) is 46.6. The molecule has 0 aliphatic rings. The summed E-state index contributed by atoms with van der Waals surface area (Å²) in [6.45, 7) is 1.58. The number of esters is 3. The highest BCUT2D eigenvalue weighted by Gasteiger charge is 2.91. The van der Waals surface area contributed by atoms with Crippen LogP contribution in [0.25, 0.3) is 0 Å². The molecule has 26 heteroatoms. The summed E-state index contributed by atoms with van der Waals surface area (Å²) in [5, 5.41) is 9.29. The maximum Gasteiger partial charge on any atom is 0.460 e. The Kier molecular flexibility index (Phi) is 41.3. The molecule has 0 aliphatic carbocycles. The minimum Gasteiger partial charge on any atom is -0.465 e. The van der Waals surface area contributed by atoms with Crippen LogP contribution in [0, 0.1) is 16.2 Å². The predicted molar refractivity (Wildman–Crippen MR) is 228 cm³/mol. The van der Waals surface area contributed by atoms with Gasteiger partial charge in [0.15, 0.2) is 6.61 Å². The highest BCUT2D eigenvalue weighted by atomic mass is 19.4. The molecule has 1 N–H and O–H groups in total. The highest BCUT2D eigenvalue weighted by Crippen LogP contribution is 2.60. The topological polar surface area (TPSA) is 108 Å². The Morgan fingerprint density at radius 1 is 0.500 bits per heavy atom. The van der Waals surface area contributed by atoms with Crippen molar-refractivity contribution in [2.75, 3.05) is 26.4 Å². The molecular weight excluding hydrogens is 974 g/mol. The van der Waals surface area contributed by atoms with Crippen molar-refractivity contribution in [2.45, 2.75) is 215 Å². The molecule has 0 aromatic carbocycles. The van der Waals surface area contributed by atoms with Crippen molar-refractivity contribution < 1.29 is 117 Å². The van der Waals surface area contributed by atoms with Crippen LogP contribution in [0.2, 0.25) is 0 Å². The Morgan fingerprint density at radius 3 is 1.25 bits per heavy atom. The largest absolute Gasteiger partial charge is 0.465 e. The van der Waals surface area contributed by atoms with Crippen LogP contribution in [-0.4, -0.2) is 110 Å². The molecule has 0 aromatic heterocycles. The highest BCUT2D eigenvalue weighted by molar-refractivity contribution is 5.82. The molecule has 8 nitrogen and oxygen atoms in total. The van der Waals surface area contributed by atoms with Gasteiger partial charge in [-0.05, 0) is 60.3 Å². The van der Waals surface area contributed by atoms with Crippen LogP contribution in [0.1, 0.15) is 155 Å². The molecule has 68 heavy (non-hydrogen) atoms. The number of alkyl halides is 18. The third kappa shape index (κ3) is 20.1. The Hall–Kier alpha value is -2.93. The maximum absolute atomic E-state index is 14.4. The number of carbonyl (C=O) groups excluding carboxylic acids is 3. The third-order valence-corrected chi connectivity index (χ3v) is 8.91. The van der Waals surface area contributed by atoms with Gasteiger partial charge in [0.2, 0.25) is 0 Å². The summed E-state index contributed by atoms with van der Waals surface area (Å²) in [6, 6.07) is 0. The Labute approximate surface area is 392 Å². The van der Waals surface area contributed by atoms with E-state index in [9.17, 15) is 98.5 Å². The summed E-state index contributed by atoms with van der Waals surface area (Å²) in [5.41, 5.74) is -7.02. The molecular formula is C42H82F18O8. The molecule has 0 saturated heterocycles. The number of rotatable bonds is 23. The third-order valence-electron chi connectivity index (χ3n) is 8.91.